The van der Waals surface area contributed by atoms with Gasteiger partial charge in [0.05, 0.1) is 5.69 Å². The van der Waals surface area contributed by atoms with E-state index >= 15 is 0 Å². The standard InChI is InChI=1S/C19H20N4O4/c1-11(17(24)23-19(26)21-13-6-4-3-5-7-13)20-14-8-9-16-15(10-14)22-18(25)12(2)27-16/h3-12,20H,1-2H3,(H,22,25)(H2,21,23,24,26). The number of hydrogen-bond donors (Lipinski definition) is 4. The molecule has 8 nitrogen and oxygen atoms in total. The highest BCUT2D eigenvalue weighted by Crippen LogP contribution is 2.32. The highest BCUT2D eigenvalue weighted by molar-refractivity contribution is 6.03. The number of rotatable bonds is 4. The van der Waals surface area contributed by atoms with Crippen molar-refractivity contribution < 1.29 is 19.1 Å². The Morgan fingerprint density at radius 2 is 1.85 bits per heavy atom. The lowest BCUT2D eigenvalue weighted by atomic mass is 10.2. The van der Waals surface area contributed by atoms with Gasteiger partial charge >= 0.3 is 6.03 Å². The van der Waals surface area contributed by atoms with Gasteiger partial charge in [0.25, 0.3) is 5.91 Å². The van der Waals surface area contributed by atoms with Crippen LogP contribution in [0.2, 0.25) is 0 Å². The van der Waals surface area contributed by atoms with E-state index < -0.39 is 24.1 Å². The molecule has 4 amide bonds. The third-order valence-electron chi connectivity index (χ3n) is 3.96. The number of amides is 4. The van der Waals surface area contributed by atoms with Crippen molar-refractivity contribution in [1.29, 1.82) is 0 Å². The lowest BCUT2D eigenvalue weighted by Gasteiger charge is -2.24. The summed E-state index contributed by atoms with van der Waals surface area (Å²) in [6.07, 6.45) is -0.552. The Morgan fingerprint density at radius 1 is 1.11 bits per heavy atom. The number of carbonyl (C=O) groups excluding carboxylic acids is 3. The summed E-state index contributed by atoms with van der Waals surface area (Å²) in [6, 6.07) is 12.6. The minimum atomic E-state index is -0.677. The first kappa shape index (κ1) is 18.2. The number of hydrogen-bond acceptors (Lipinski definition) is 5. The number of fused-ring (bicyclic) bond motifs is 1. The Labute approximate surface area is 156 Å². The second-order valence-electron chi connectivity index (χ2n) is 6.14. The topological polar surface area (TPSA) is 109 Å². The van der Waals surface area contributed by atoms with Crippen molar-refractivity contribution in [3.63, 3.8) is 0 Å². The number of carbonyl (C=O) groups is 3. The van der Waals surface area contributed by atoms with E-state index in [4.69, 9.17) is 4.74 Å². The lowest BCUT2D eigenvalue weighted by molar-refractivity contribution is -0.123. The van der Waals surface area contributed by atoms with Gasteiger partial charge in [-0.15, -0.1) is 0 Å². The predicted molar refractivity (Wildman–Crippen MR) is 102 cm³/mol. The molecule has 0 bridgehead atoms. The molecule has 0 fully saturated rings. The second kappa shape index (κ2) is 7.77. The molecule has 0 saturated carbocycles. The third-order valence-corrected chi connectivity index (χ3v) is 3.96. The van der Waals surface area contributed by atoms with Crippen LogP contribution in [0.4, 0.5) is 21.9 Å². The van der Waals surface area contributed by atoms with E-state index in [9.17, 15) is 14.4 Å². The Morgan fingerprint density at radius 3 is 2.59 bits per heavy atom. The minimum absolute atomic E-state index is 0.233. The zero-order valence-electron chi connectivity index (χ0n) is 14.9. The Kier molecular flexibility index (Phi) is 5.25. The van der Waals surface area contributed by atoms with E-state index in [0.29, 0.717) is 22.8 Å². The molecular weight excluding hydrogens is 348 g/mol. The predicted octanol–water partition coefficient (Wildman–Crippen LogP) is 2.55. The third kappa shape index (κ3) is 4.55. The van der Waals surface area contributed by atoms with E-state index in [1.54, 1.807) is 56.3 Å². The Bertz CT molecular complexity index is 869. The number of anilines is 3. The molecule has 4 N–H and O–H groups in total. The number of ether oxygens (including phenoxy) is 1. The van der Waals surface area contributed by atoms with E-state index in [-0.39, 0.29) is 5.91 Å². The molecule has 2 atom stereocenters. The first-order valence-corrected chi connectivity index (χ1v) is 8.47. The van der Waals surface area contributed by atoms with Gasteiger partial charge in [-0.25, -0.2) is 4.79 Å². The summed E-state index contributed by atoms with van der Waals surface area (Å²) in [4.78, 5) is 35.8. The summed E-state index contributed by atoms with van der Waals surface area (Å²) in [7, 11) is 0. The maximum absolute atomic E-state index is 12.2. The van der Waals surface area contributed by atoms with Crippen LogP contribution in [0.25, 0.3) is 0 Å². The fourth-order valence-electron chi connectivity index (χ4n) is 2.52. The van der Waals surface area contributed by atoms with Gasteiger partial charge in [0.1, 0.15) is 11.8 Å². The van der Waals surface area contributed by atoms with Crippen LogP contribution in [0.3, 0.4) is 0 Å². The van der Waals surface area contributed by atoms with Crippen LogP contribution in [0.5, 0.6) is 5.75 Å². The molecule has 1 aliphatic heterocycles. The highest BCUT2D eigenvalue weighted by atomic mass is 16.5. The monoisotopic (exact) mass is 368 g/mol. The summed E-state index contributed by atoms with van der Waals surface area (Å²) in [5.41, 5.74) is 1.72. The summed E-state index contributed by atoms with van der Waals surface area (Å²) in [6.45, 7) is 3.29. The molecule has 0 aliphatic carbocycles. The largest absolute Gasteiger partial charge is 0.479 e. The Hall–Kier alpha value is -3.55. The summed E-state index contributed by atoms with van der Waals surface area (Å²) >= 11 is 0. The van der Waals surface area contributed by atoms with Gasteiger partial charge in [0.15, 0.2) is 6.10 Å². The van der Waals surface area contributed by atoms with Gasteiger partial charge in [-0.05, 0) is 44.2 Å². The minimum Gasteiger partial charge on any atom is -0.479 e. The van der Waals surface area contributed by atoms with Crippen LogP contribution < -0.4 is 26.0 Å². The SMILES string of the molecule is CC(Nc1ccc2c(c1)NC(=O)C(C)O2)C(=O)NC(=O)Nc1ccccc1. The van der Waals surface area contributed by atoms with Crippen LogP contribution in [0.15, 0.2) is 48.5 Å². The fourth-order valence-corrected chi connectivity index (χ4v) is 2.52. The molecule has 27 heavy (non-hydrogen) atoms. The van der Waals surface area contributed by atoms with Crippen molar-refractivity contribution >= 4 is 34.9 Å². The normalized spacial score (nSPS) is 16.2. The van der Waals surface area contributed by atoms with Gasteiger partial charge in [-0.1, -0.05) is 18.2 Å². The smallest absolute Gasteiger partial charge is 0.325 e. The molecule has 0 saturated heterocycles. The van der Waals surface area contributed by atoms with Crippen molar-refractivity contribution in [3.8, 4) is 5.75 Å². The van der Waals surface area contributed by atoms with Gasteiger partial charge in [0.2, 0.25) is 5.91 Å². The van der Waals surface area contributed by atoms with Crippen LogP contribution in [0, 0.1) is 0 Å². The zero-order valence-corrected chi connectivity index (χ0v) is 14.9. The van der Waals surface area contributed by atoms with Crippen LogP contribution in [-0.4, -0.2) is 30.0 Å². The fraction of sp³-hybridized carbons (Fsp3) is 0.211. The molecule has 2 aromatic carbocycles. The molecule has 2 unspecified atom stereocenters. The first-order chi connectivity index (χ1) is 12.9. The number of imide groups is 1. The van der Waals surface area contributed by atoms with Crippen molar-refractivity contribution in [1.82, 2.24) is 5.32 Å². The highest BCUT2D eigenvalue weighted by Gasteiger charge is 2.24. The van der Waals surface area contributed by atoms with Crippen LogP contribution >= 0.6 is 0 Å². The molecule has 0 spiro atoms. The quantitative estimate of drug-likeness (QED) is 0.663. The number of benzene rings is 2. The number of nitrogens with one attached hydrogen (secondary N) is 4. The van der Waals surface area contributed by atoms with E-state index in [1.165, 1.54) is 0 Å². The molecule has 0 aromatic heterocycles. The molecule has 1 heterocycles. The number of urea groups is 1. The number of para-hydroxylation sites is 1. The molecule has 0 radical (unpaired) electrons. The van der Waals surface area contributed by atoms with Crippen molar-refractivity contribution in [3.05, 3.63) is 48.5 Å². The molecule has 2 aromatic rings. The maximum Gasteiger partial charge on any atom is 0.325 e. The van der Waals surface area contributed by atoms with E-state index in [2.05, 4.69) is 21.3 Å². The summed E-state index contributed by atoms with van der Waals surface area (Å²) in [5.74, 6) is -0.162. The Balaban J connectivity index is 1.57. The average Bonchev–Trinajstić information content (AvgIpc) is 2.63. The van der Waals surface area contributed by atoms with Gasteiger partial charge in [-0.3, -0.25) is 14.9 Å². The van der Waals surface area contributed by atoms with E-state index in [0.717, 1.165) is 0 Å². The van der Waals surface area contributed by atoms with Gasteiger partial charge in [-0.2, -0.15) is 0 Å². The van der Waals surface area contributed by atoms with Gasteiger partial charge in [0, 0.05) is 11.4 Å². The molecule has 140 valence electrons. The molecule has 1 aliphatic rings. The van der Waals surface area contributed by atoms with Crippen molar-refractivity contribution in [2.24, 2.45) is 0 Å². The molecule has 8 heteroatoms. The van der Waals surface area contributed by atoms with Crippen molar-refractivity contribution in [2.45, 2.75) is 26.0 Å². The van der Waals surface area contributed by atoms with Crippen LogP contribution in [-0.2, 0) is 9.59 Å². The maximum atomic E-state index is 12.2. The molecular formula is C19H20N4O4. The van der Waals surface area contributed by atoms with Crippen LogP contribution in [0.1, 0.15) is 13.8 Å². The van der Waals surface area contributed by atoms with E-state index in [1.807, 2.05) is 6.07 Å². The van der Waals surface area contributed by atoms with Crippen molar-refractivity contribution in [2.75, 3.05) is 16.0 Å². The summed E-state index contributed by atoms with van der Waals surface area (Å²) < 4.78 is 5.49. The summed E-state index contributed by atoms with van der Waals surface area (Å²) in [5, 5.41) is 10.6. The average molecular weight is 368 g/mol. The zero-order chi connectivity index (χ0) is 19.4. The second-order valence-corrected chi connectivity index (χ2v) is 6.14. The first-order valence-electron chi connectivity index (χ1n) is 8.47. The lowest BCUT2D eigenvalue weighted by Crippen LogP contribution is -2.43. The molecule has 3 rings (SSSR count). The van der Waals surface area contributed by atoms with Gasteiger partial charge < -0.3 is 20.7 Å².